The molecule has 0 amide bonds. The third kappa shape index (κ3) is 3.31. The van der Waals surface area contributed by atoms with Gasteiger partial charge in [-0.2, -0.15) is 0 Å². The molecular formula is C13H16NO3. The number of rotatable bonds is 5. The van der Waals surface area contributed by atoms with Crippen molar-refractivity contribution in [3.05, 3.63) is 53.5 Å². The Morgan fingerprint density at radius 2 is 2.12 bits per heavy atom. The van der Waals surface area contributed by atoms with E-state index in [0.717, 1.165) is 0 Å². The van der Waals surface area contributed by atoms with Crippen molar-refractivity contribution in [2.75, 3.05) is 0 Å². The van der Waals surface area contributed by atoms with Gasteiger partial charge >= 0.3 is 0 Å². The zero-order chi connectivity index (χ0) is 13.0. The standard InChI is InChI=1S/C13H16NO3/c1-5-10(4)12-8-11(14(15)16)6-7-13(12)17-9(2)3/h5-10H,1,4H2,2-3H3. The molecule has 1 aromatic carbocycles. The normalized spacial score (nSPS) is 12.2. The third-order valence-electron chi connectivity index (χ3n) is 2.25. The first-order chi connectivity index (χ1) is 7.95. The van der Waals surface area contributed by atoms with Gasteiger partial charge in [0, 0.05) is 23.6 Å². The summed E-state index contributed by atoms with van der Waals surface area (Å²) in [7, 11) is 0. The highest BCUT2D eigenvalue weighted by atomic mass is 16.6. The molecule has 1 atom stereocenters. The monoisotopic (exact) mass is 234 g/mol. The maximum absolute atomic E-state index is 10.7. The maximum atomic E-state index is 10.7. The summed E-state index contributed by atoms with van der Waals surface area (Å²) in [6, 6.07) is 4.52. The third-order valence-corrected chi connectivity index (χ3v) is 2.25. The van der Waals surface area contributed by atoms with Gasteiger partial charge < -0.3 is 4.74 Å². The fourth-order valence-electron chi connectivity index (χ4n) is 1.43. The Bertz CT molecular complexity index is 427. The predicted molar refractivity (Wildman–Crippen MR) is 67.2 cm³/mol. The van der Waals surface area contributed by atoms with Gasteiger partial charge in [0.2, 0.25) is 0 Å². The molecule has 1 unspecified atom stereocenters. The number of nitro groups is 1. The van der Waals surface area contributed by atoms with Gasteiger partial charge in [0.25, 0.3) is 5.69 Å². The topological polar surface area (TPSA) is 52.4 Å². The molecule has 0 spiro atoms. The van der Waals surface area contributed by atoms with Gasteiger partial charge in [-0.1, -0.05) is 6.08 Å². The number of ether oxygens (including phenoxy) is 1. The van der Waals surface area contributed by atoms with Crippen LogP contribution in [0.2, 0.25) is 0 Å². The Labute approximate surface area is 101 Å². The van der Waals surface area contributed by atoms with Crippen LogP contribution < -0.4 is 4.74 Å². The fraction of sp³-hybridized carbons (Fsp3) is 0.308. The summed E-state index contributed by atoms with van der Waals surface area (Å²) in [5.41, 5.74) is 0.717. The lowest BCUT2D eigenvalue weighted by Gasteiger charge is -2.16. The average molecular weight is 234 g/mol. The largest absolute Gasteiger partial charge is 0.491 e. The molecule has 4 nitrogen and oxygen atoms in total. The zero-order valence-electron chi connectivity index (χ0n) is 10.1. The zero-order valence-corrected chi connectivity index (χ0v) is 10.1. The van der Waals surface area contributed by atoms with Crippen molar-refractivity contribution in [1.29, 1.82) is 0 Å². The summed E-state index contributed by atoms with van der Waals surface area (Å²) in [5, 5.41) is 10.7. The Kier molecular flexibility index (Phi) is 4.26. The van der Waals surface area contributed by atoms with Crippen molar-refractivity contribution in [3.63, 3.8) is 0 Å². The van der Waals surface area contributed by atoms with Crippen molar-refractivity contribution < 1.29 is 9.66 Å². The van der Waals surface area contributed by atoms with Crippen molar-refractivity contribution in [2.24, 2.45) is 0 Å². The first kappa shape index (κ1) is 13.2. The van der Waals surface area contributed by atoms with Crippen molar-refractivity contribution in [2.45, 2.75) is 25.9 Å². The van der Waals surface area contributed by atoms with Crippen LogP contribution in [0.1, 0.15) is 25.3 Å². The molecule has 0 heterocycles. The number of hydrogen-bond donors (Lipinski definition) is 0. The van der Waals surface area contributed by atoms with Gasteiger partial charge in [-0.05, 0) is 26.8 Å². The molecule has 91 valence electrons. The van der Waals surface area contributed by atoms with E-state index in [4.69, 9.17) is 4.74 Å². The van der Waals surface area contributed by atoms with Crippen LogP contribution >= 0.6 is 0 Å². The van der Waals surface area contributed by atoms with E-state index in [9.17, 15) is 10.1 Å². The summed E-state index contributed by atoms with van der Waals surface area (Å²) in [6.45, 7) is 11.3. The second-order valence-corrected chi connectivity index (χ2v) is 3.99. The summed E-state index contributed by atoms with van der Waals surface area (Å²) >= 11 is 0. The minimum Gasteiger partial charge on any atom is -0.491 e. The first-order valence-corrected chi connectivity index (χ1v) is 5.36. The van der Waals surface area contributed by atoms with Gasteiger partial charge in [0.15, 0.2) is 0 Å². The molecule has 0 saturated carbocycles. The molecule has 1 aromatic rings. The molecule has 17 heavy (non-hydrogen) atoms. The predicted octanol–water partition coefficient (Wildman–Crippen LogP) is 3.49. The molecule has 0 bridgehead atoms. The summed E-state index contributed by atoms with van der Waals surface area (Å²) in [4.78, 5) is 10.3. The van der Waals surface area contributed by atoms with Gasteiger partial charge in [0.05, 0.1) is 11.0 Å². The van der Waals surface area contributed by atoms with Crippen LogP contribution in [-0.2, 0) is 0 Å². The van der Waals surface area contributed by atoms with Crippen LogP contribution in [0.4, 0.5) is 5.69 Å². The van der Waals surface area contributed by atoms with Crippen LogP contribution in [0.3, 0.4) is 0 Å². The van der Waals surface area contributed by atoms with E-state index in [1.165, 1.54) is 12.1 Å². The quantitative estimate of drug-likeness (QED) is 0.445. The van der Waals surface area contributed by atoms with E-state index in [-0.39, 0.29) is 17.7 Å². The van der Waals surface area contributed by atoms with Crippen LogP contribution in [0.15, 0.2) is 30.9 Å². The van der Waals surface area contributed by atoms with Crippen LogP contribution in [0.5, 0.6) is 5.75 Å². The van der Waals surface area contributed by atoms with Crippen LogP contribution in [0.25, 0.3) is 0 Å². The highest BCUT2D eigenvalue weighted by Crippen LogP contribution is 2.31. The smallest absolute Gasteiger partial charge is 0.269 e. The molecule has 0 fully saturated rings. The molecular weight excluding hydrogens is 218 g/mol. The SMILES string of the molecule is [CH2]C(C=C)c1cc([N+](=O)[O-])ccc1OC(C)C. The number of allylic oxidation sites excluding steroid dienone is 1. The summed E-state index contributed by atoms with van der Waals surface area (Å²) < 4.78 is 5.59. The van der Waals surface area contributed by atoms with Gasteiger partial charge in [-0.3, -0.25) is 10.1 Å². The molecule has 4 heteroatoms. The number of non-ortho nitro benzene ring substituents is 1. The minimum atomic E-state index is -0.432. The minimum absolute atomic E-state index is 0.00669. The van der Waals surface area contributed by atoms with E-state index < -0.39 is 4.92 Å². The second kappa shape index (κ2) is 5.48. The molecule has 1 radical (unpaired) electrons. The van der Waals surface area contributed by atoms with Crippen molar-refractivity contribution in [1.82, 2.24) is 0 Å². The Morgan fingerprint density at radius 1 is 1.47 bits per heavy atom. The van der Waals surface area contributed by atoms with Gasteiger partial charge in [0.1, 0.15) is 5.75 Å². The Morgan fingerprint density at radius 3 is 2.59 bits per heavy atom. The number of benzene rings is 1. The summed E-state index contributed by atoms with van der Waals surface area (Å²) in [6.07, 6.45) is 1.64. The lowest BCUT2D eigenvalue weighted by molar-refractivity contribution is -0.384. The molecule has 0 aromatic heterocycles. The van der Waals surface area contributed by atoms with Crippen molar-refractivity contribution in [3.8, 4) is 5.75 Å². The maximum Gasteiger partial charge on any atom is 0.269 e. The highest BCUT2D eigenvalue weighted by molar-refractivity contribution is 5.47. The number of nitrogens with zero attached hydrogens (tertiary/aromatic N) is 1. The number of nitro benzene ring substituents is 1. The fourth-order valence-corrected chi connectivity index (χ4v) is 1.43. The highest BCUT2D eigenvalue weighted by Gasteiger charge is 2.15. The number of hydrogen-bond acceptors (Lipinski definition) is 3. The molecule has 0 saturated heterocycles. The van der Waals surface area contributed by atoms with Gasteiger partial charge in [-0.15, -0.1) is 6.58 Å². The van der Waals surface area contributed by atoms with E-state index >= 15 is 0 Å². The van der Waals surface area contributed by atoms with E-state index in [1.54, 1.807) is 12.1 Å². The molecule has 0 aliphatic heterocycles. The summed E-state index contributed by atoms with van der Waals surface area (Å²) in [5.74, 6) is 0.383. The Hall–Kier alpha value is -1.84. The van der Waals surface area contributed by atoms with E-state index in [2.05, 4.69) is 13.5 Å². The molecule has 0 N–H and O–H groups in total. The second-order valence-electron chi connectivity index (χ2n) is 3.99. The lowest BCUT2D eigenvalue weighted by Crippen LogP contribution is -2.08. The van der Waals surface area contributed by atoms with E-state index in [0.29, 0.717) is 11.3 Å². The van der Waals surface area contributed by atoms with Crippen molar-refractivity contribution >= 4 is 5.69 Å². The Balaban J connectivity index is 3.20. The molecule has 0 aliphatic carbocycles. The molecule has 1 rings (SSSR count). The molecule has 0 aliphatic rings. The van der Waals surface area contributed by atoms with Crippen LogP contribution in [0, 0.1) is 17.0 Å². The van der Waals surface area contributed by atoms with Gasteiger partial charge in [-0.25, -0.2) is 0 Å². The first-order valence-electron chi connectivity index (χ1n) is 5.36. The van der Waals surface area contributed by atoms with Crippen LogP contribution in [-0.4, -0.2) is 11.0 Å². The van der Waals surface area contributed by atoms with E-state index in [1.807, 2.05) is 13.8 Å². The lowest BCUT2D eigenvalue weighted by atomic mass is 9.99. The average Bonchev–Trinajstić information content (AvgIpc) is 2.27.